The van der Waals surface area contributed by atoms with Gasteiger partial charge in [0.05, 0.1) is 25.7 Å². The molecule has 3 aliphatic carbocycles. The summed E-state index contributed by atoms with van der Waals surface area (Å²) < 4.78 is 11.8. The van der Waals surface area contributed by atoms with Crippen LogP contribution in [0, 0.1) is 5.92 Å². The Morgan fingerprint density at radius 1 is 1.10 bits per heavy atom. The Hall–Kier alpha value is -2.91. The van der Waals surface area contributed by atoms with Crippen molar-refractivity contribution in [2.75, 3.05) is 20.3 Å². The first kappa shape index (κ1) is 27.6. The predicted molar refractivity (Wildman–Crippen MR) is 144 cm³/mol. The van der Waals surface area contributed by atoms with Crippen molar-refractivity contribution in [3.8, 4) is 11.5 Å². The molecular formula is C30H40N2O7. The number of aliphatic hydroxyl groups excluding tert-OH is 2. The van der Waals surface area contributed by atoms with E-state index in [1.807, 2.05) is 4.90 Å². The number of amides is 2. The summed E-state index contributed by atoms with van der Waals surface area (Å²) in [6.07, 6.45) is 10.3. The Morgan fingerprint density at radius 3 is 2.44 bits per heavy atom. The van der Waals surface area contributed by atoms with E-state index in [-0.39, 0.29) is 31.0 Å². The van der Waals surface area contributed by atoms with Gasteiger partial charge in [-0.3, -0.25) is 14.4 Å². The van der Waals surface area contributed by atoms with E-state index in [1.165, 1.54) is 7.11 Å². The van der Waals surface area contributed by atoms with Gasteiger partial charge in [0.1, 0.15) is 18.5 Å². The van der Waals surface area contributed by atoms with Crippen LogP contribution in [0.4, 0.5) is 0 Å². The fourth-order valence-corrected chi connectivity index (χ4v) is 7.02. The number of aliphatic hydroxyl groups is 2. The summed E-state index contributed by atoms with van der Waals surface area (Å²) in [4.78, 5) is 41.2. The number of carbonyl (C=O) groups is 3. The van der Waals surface area contributed by atoms with Gasteiger partial charge < -0.3 is 29.9 Å². The lowest BCUT2D eigenvalue weighted by molar-refractivity contribution is -0.145. The molecule has 0 spiro atoms. The number of methoxy groups -OCH3 is 1. The number of hydrogen-bond donors (Lipinski definition) is 3. The molecule has 2 amide bonds. The topological polar surface area (TPSA) is 125 Å². The zero-order chi connectivity index (χ0) is 27.5. The second-order valence-electron chi connectivity index (χ2n) is 11.3. The molecule has 9 nitrogen and oxygen atoms in total. The van der Waals surface area contributed by atoms with Crippen LogP contribution in [0.1, 0.15) is 86.0 Å². The SMILES string of the molecule is COc1cc(C=O)cc2c1OC1C2C(C(=O)NCCO)=CC(N(C(=O)C2CCCC2)C2CCCCCC2)C1O. The van der Waals surface area contributed by atoms with Crippen LogP contribution in [0.25, 0.3) is 0 Å². The average molecular weight is 541 g/mol. The highest BCUT2D eigenvalue weighted by Crippen LogP contribution is 2.51. The van der Waals surface area contributed by atoms with Crippen LogP contribution >= 0.6 is 0 Å². The predicted octanol–water partition coefficient (Wildman–Crippen LogP) is 2.87. The maximum atomic E-state index is 14.1. The highest BCUT2D eigenvalue weighted by atomic mass is 16.5. The van der Waals surface area contributed by atoms with Crippen LogP contribution < -0.4 is 14.8 Å². The summed E-state index contributed by atoms with van der Waals surface area (Å²) in [6, 6.07) is 2.49. The van der Waals surface area contributed by atoms with Gasteiger partial charge in [-0.1, -0.05) is 38.5 Å². The van der Waals surface area contributed by atoms with Crippen molar-refractivity contribution in [2.24, 2.45) is 5.92 Å². The Bertz CT molecular complexity index is 1100. The molecule has 3 N–H and O–H groups in total. The third-order valence-electron chi connectivity index (χ3n) is 8.91. The first-order chi connectivity index (χ1) is 19.0. The molecule has 0 saturated heterocycles. The van der Waals surface area contributed by atoms with Crippen LogP contribution in [0.15, 0.2) is 23.8 Å². The van der Waals surface area contributed by atoms with Crippen molar-refractivity contribution >= 4 is 18.1 Å². The quantitative estimate of drug-likeness (QED) is 0.342. The third-order valence-corrected chi connectivity index (χ3v) is 8.91. The van der Waals surface area contributed by atoms with Crippen LogP contribution in [0.5, 0.6) is 11.5 Å². The van der Waals surface area contributed by atoms with Gasteiger partial charge in [-0.2, -0.15) is 0 Å². The Labute approximate surface area is 229 Å². The molecule has 9 heteroatoms. The molecular weight excluding hydrogens is 500 g/mol. The average Bonchev–Trinajstić information content (AvgIpc) is 3.55. The number of benzene rings is 1. The molecule has 4 unspecified atom stereocenters. The third kappa shape index (κ3) is 5.31. The molecule has 1 aromatic rings. The van der Waals surface area contributed by atoms with Crippen molar-refractivity contribution in [1.29, 1.82) is 0 Å². The Balaban J connectivity index is 1.60. The molecule has 5 rings (SSSR count). The van der Waals surface area contributed by atoms with Crippen LogP contribution in [0.2, 0.25) is 0 Å². The number of nitrogens with one attached hydrogen (secondary N) is 1. The lowest BCUT2D eigenvalue weighted by Gasteiger charge is -2.45. The Kier molecular flexibility index (Phi) is 8.57. The lowest BCUT2D eigenvalue weighted by atomic mass is 9.76. The zero-order valence-electron chi connectivity index (χ0n) is 22.6. The van der Waals surface area contributed by atoms with E-state index in [0.29, 0.717) is 34.5 Å². The maximum Gasteiger partial charge on any atom is 0.247 e. The molecule has 4 atom stereocenters. The maximum absolute atomic E-state index is 14.1. The summed E-state index contributed by atoms with van der Waals surface area (Å²) in [6.45, 7) is -0.150. The van der Waals surface area contributed by atoms with Crippen LogP contribution in [0.3, 0.4) is 0 Å². The minimum absolute atomic E-state index is 0.0187. The van der Waals surface area contributed by atoms with Crippen molar-refractivity contribution in [3.05, 3.63) is 34.9 Å². The summed E-state index contributed by atoms with van der Waals surface area (Å²) in [7, 11) is 1.48. The molecule has 1 heterocycles. The monoisotopic (exact) mass is 540 g/mol. The number of carbonyl (C=O) groups excluding carboxylic acids is 3. The van der Waals surface area contributed by atoms with E-state index in [1.54, 1.807) is 18.2 Å². The zero-order valence-corrected chi connectivity index (χ0v) is 22.6. The minimum Gasteiger partial charge on any atom is -0.493 e. The van der Waals surface area contributed by atoms with Gasteiger partial charge in [-0.25, -0.2) is 0 Å². The summed E-state index contributed by atoms with van der Waals surface area (Å²) >= 11 is 0. The first-order valence-electron chi connectivity index (χ1n) is 14.4. The van der Waals surface area contributed by atoms with Crippen molar-refractivity contribution in [2.45, 2.75) is 94.4 Å². The molecule has 0 radical (unpaired) electrons. The number of aldehydes is 1. The highest BCUT2D eigenvalue weighted by molar-refractivity contribution is 5.96. The molecule has 212 valence electrons. The molecule has 2 saturated carbocycles. The van der Waals surface area contributed by atoms with Gasteiger partial charge in [-0.05, 0) is 43.9 Å². The van der Waals surface area contributed by atoms with E-state index in [2.05, 4.69) is 5.32 Å². The Morgan fingerprint density at radius 2 is 1.79 bits per heavy atom. The van der Waals surface area contributed by atoms with Crippen LogP contribution in [-0.2, 0) is 9.59 Å². The van der Waals surface area contributed by atoms with Gasteiger partial charge in [0.15, 0.2) is 11.5 Å². The van der Waals surface area contributed by atoms with Crippen molar-refractivity contribution < 1.29 is 34.1 Å². The lowest BCUT2D eigenvalue weighted by Crippen LogP contribution is -2.59. The summed E-state index contributed by atoms with van der Waals surface area (Å²) in [5, 5.41) is 24.0. The van der Waals surface area contributed by atoms with Gasteiger partial charge in [0.2, 0.25) is 11.8 Å². The van der Waals surface area contributed by atoms with E-state index in [0.717, 1.165) is 64.2 Å². The fraction of sp³-hybridized carbons (Fsp3) is 0.633. The molecule has 0 bridgehead atoms. The number of hydrogen-bond acceptors (Lipinski definition) is 7. The second-order valence-corrected chi connectivity index (χ2v) is 11.3. The first-order valence-corrected chi connectivity index (χ1v) is 14.4. The van der Waals surface area contributed by atoms with Crippen molar-refractivity contribution in [1.82, 2.24) is 10.2 Å². The highest BCUT2D eigenvalue weighted by Gasteiger charge is 2.52. The smallest absolute Gasteiger partial charge is 0.247 e. The standard InChI is InChI=1S/C30H40N2O7/c1-38-24-15-18(17-34)14-21-25-22(29(36)31-12-13-33)16-23(26(35)28(25)39-27(21)24)32(20-10-4-2-3-5-11-20)30(37)19-8-6-7-9-19/h14-17,19-20,23,25-26,28,33,35H,2-13H2,1H3,(H,31,36). The largest absolute Gasteiger partial charge is 0.493 e. The van der Waals surface area contributed by atoms with Crippen molar-refractivity contribution in [3.63, 3.8) is 0 Å². The molecule has 1 aliphatic heterocycles. The summed E-state index contributed by atoms with van der Waals surface area (Å²) in [5.41, 5.74) is 1.33. The normalized spacial score (nSPS) is 27.0. The second kappa shape index (κ2) is 12.1. The van der Waals surface area contributed by atoms with E-state index in [4.69, 9.17) is 9.47 Å². The molecule has 4 aliphatic rings. The van der Waals surface area contributed by atoms with E-state index < -0.39 is 30.1 Å². The van der Waals surface area contributed by atoms with Crippen LogP contribution in [-0.4, -0.2) is 77.8 Å². The number of ether oxygens (including phenoxy) is 2. The minimum atomic E-state index is -1.09. The van der Waals surface area contributed by atoms with Gasteiger partial charge in [-0.15, -0.1) is 0 Å². The fourth-order valence-electron chi connectivity index (χ4n) is 7.02. The van der Waals surface area contributed by atoms with Gasteiger partial charge >= 0.3 is 0 Å². The molecule has 0 aromatic heterocycles. The van der Waals surface area contributed by atoms with E-state index in [9.17, 15) is 24.6 Å². The number of nitrogens with zero attached hydrogens (tertiary/aromatic N) is 1. The molecule has 1 aromatic carbocycles. The number of fused-ring (bicyclic) bond motifs is 3. The summed E-state index contributed by atoms with van der Waals surface area (Å²) in [5.74, 6) is -0.319. The number of rotatable bonds is 8. The molecule has 39 heavy (non-hydrogen) atoms. The van der Waals surface area contributed by atoms with Gasteiger partial charge in [0, 0.05) is 35.2 Å². The van der Waals surface area contributed by atoms with Gasteiger partial charge in [0.25, 0.3) is 0 Å². The van der Waals surface area contributed by atoms with E-state index >= 15 is 0 Å². The molecule has 2 fully saturated rings.